The topological polar surface area (TPSA) is 43.6 Å². The van der Waals surface area contributed by atoms with E-state index < -0.39 is 0 Å². The van der Waals surface area contributed by atoms with Crippen LogP contribution in [0.25, 0.3) is 11.3 Å². The van der Waals surface area contributed by atoms with Gasteiger partial charge in [0, 0.05) is 25.0 Å². The van der Waals surface area contributed by atoms with Crippen LogP contribution in [0, 0.1) is 0 Å². The molecule has 0 fully saturated rings. The molecule has 16 heavy (non-hydrogen) atoms. The van der Waals surface area contributed by atoms with Gasteiger partial charge in [0.05, 0.1) is 6.20 Å². The third kappa shape index (κ3) is 4.21. The standard InChI is InChI=1S/C8H8N4.2C2H6/c1-12-6-8(10-11-12)7-3-2-4-9-5-7;2*1-2/h2-6H,1H3;2*1-2H3. The zero-order valence-corrected chi connectivity index (χ0v) is 10.7. The van der Waals surface area contributed by atoms with Crippen LogP contribution in [0.4, 0.5) is 0 Å². The molecule has 0 aliphatic carbocycles. The molecule has 0 amide bonds. The molecule has 0 bridgehead atoms. The fourth-order valence-corrected chi connectivity index (χ4v) is 0.994. The molecule has 0 saturated heterocycles. The highest BCUT2D eigenvalue weighted by Gasteiger charge is 1.99. The summed E-state index contributed by atoms with van der Waals surface area (Å²) in [5.74, 6) is 0. The van der Waals surface area contributed by atoms with Gasteiger partial charge in [-0.15, -0.1) is 5.10 Å². The zero-order chi connectivity index (χ0) is 12.4. The second-order valence-electron chi connectivity index (χ2n) is 2.52. The van der Waals surface area contributed by atoms with Crippen LogP contribution < -0.4 is 0 Å². The maximum atomic E-state index is 3.99. The Morgan fingerprint density at radius 2 is 1.81 bits per heavy atom. The van der Waals surface area contributed by atoms with Crippen molar-refractivity contribution in [2.75, 3.05) is 0 Å². The molecule has 2 aromatic heterocycles. The molecule has 0 radical (unpaired) electrons. The van der Waals surface area contributed by atoms with Gasteiger partial charge in [0.1, 0.15) is 5.69 Å². The number of hydrogen-bond donors (Lipinski definition) is 0. The first-order chi connectivity index (χ1) is 7.86. The summed E-state index contributed by atoms with van der Waals surface area (Å²) in [5, 5.41) is 7.79. The maximum Gasteiger partial charge on any atom is 0.114 e. The van der Waals surface area contributed by atoms with Crippen molar-refractivity contribution in [3.63, 3.8) is 0 Å². The van der Waals surface area contributed by atoms with Crippen molar-refractivity contribution in [1.82, 2.24) is 20.0 Å². The molecule has 0 aliphatic heterocycles. The summed E-state index contributed by atoms with van der Waals surface area (Å²) in [4.78, 5) is 3.99. The molecular formula is C12H20N4. The normalized spacial score (nSPS) is 8.31. The molecule has 0 aromatic carbocycles. The lowest BCUT2D eigenvalue weighted by Crippen LogP contribution is -1.85. The van der Waals surface area contributed by atoms with E-state index >= 15 is 0 Å². The quantitative estimate of drug-likeness (QED) is 0.742. The van der Waals surface area contributed by atoms with E-state index in [0.29, 0.717) is 0 Å². The Hall–Kier alpha value is -1.71. The molecule has 0 atom stereocenters. The van der Waals surface area contributed by atoms with Crippen molar-refractivity contribution in [3.05, 3.63) is 30.7 Å². The van der Waals surface area contributed by atoms with Crippen LogP contribution >= 0.6 is 0 Å². The summed E-state index contributed by atoms with van der Waals surface area (Å²) >= 11 is 0. The van der Waals surface area contributed by atoms with E-state index in [-0.39, 0.29) is 0 Å². The van der Waals surface area contributed by atoms with Crippen LogP contribution in [0.3, 0.4) is 0 Å². The number of pyridine rings is 1. The van der Waals surface area contributed by atoms with Gasteiger partial charge in [-0.1, -0.05) is 32.9 Å². The van der Waals surface area contributed by atoms with Gasteiger partial charge in [-0.2, -0.15) is 0 Å². The highest BCUT2D eigenvalue weighted by molar-refractivity contribution is 5.55. The van der Waals surface area contributed by atoms with Crippen molar-refractivity contribution in [2.45, 2.75) is 27.7 Å². The number of nitrogens with zero attached hydrogens (tertiary/aromatic N) is 4. The average Bonchev–Trinajstić information content (AvgIpc) is 2.82. The van der Waals surface area contributed by atoms with E-state index in [1.807, 2.05) is 53.1 Å². The number of hydrogen-bond acceptors (Lipinski definition) is 3. The molecule has 2 heterocycles. The minimum atomic E-state index is 0.852. The predicted octanol–water partition coefficient (Wildman–Crippen LogP) is 2.93. The van der Waals surface area contributed by atoms with Crippen molar-refractivity contribution in [1.29, 1.82) is 0 Å². The SMILES string of the molecule is CC.CC.Cn1cc(-c2cccnc2)nn1. The van der Waals surface area contributed by atoms with E-state index in [4.69, 9.17) is 0 Å². The molecule has 0 unspecified atom stereocenters. The number of aromatic nitrogens is 4. The minimum absolute atomic E-state index is 0.852. The van der Waals surface area contributed by atoms with E-state index in [1.165, 1.54) is 0 Å². The van der Waals surface area contributed by atoms with Gasteiger partial charge in [-0.05, 0) is 12.1 Å². The molecule has 4 nitrogen and oxygen atoms in total. The second-order valence-corrected chi connectivity index (χ2v) is 2.52. The van der Waals surface area contributed by atoms with Crippen LogP contribution in [0.2, 0.25) is 0 Å². The first-order valence-corrected chi connectivity index (χ1v) is 5.63. The highest BCUT2D eigenvalue weighted by Crippen LogP contribution is 2.12. The van der Waals surface area contributed by atoms with E-state index in [0.717, 1.165) is 11.3 Å². The maximum absolute atomic E-state index is 3.99. The first-order valence-electron chi connectivity index (χ1n) is 5.63. The minimum Gasteiger partial charge on any atom is -0.264 e. The summed E-state index contributed by atoms with van der Waals surface area (Å²) in [6, 6.07) is 3.83. The Balaban J connectivity index is 0.000000509. The highest BCUT2D eigenvalue weighted by atomic mass is 15.4. The Labute approximate surface area is 97.3 Å². The van der Waals surface area contributed by atoms with E-state index in [1.54, 1.807) is 17.1 Å². The number of aryl methyl sites for hydroxylation is 1. The van der Waals surface area contributed by atoms with Gasteiger partial charge < -0.3 is 0 Å². The molecule has 88 valence electrons. The van der Waals surface area contributed by atoms with Crippen LogP contribution in [0.15, 0.2) is 30.7 Å². The third-order valence-electron chi connectivity index (χ3n) is 1.56. The Morgan fingerprint density at radius 1 is 1.12 bits per heavy atom. The molecule has 2 rings (SSSR count). The average molecular weight is 220 g/mol. The lowest BCUT2D eigenvalue weighted by atomic mass is 10.2. The van der Waals surface area contributed by atoms with Crippen molar-refractivity contribution in [3.8, 4) is 11.3 Å². The lowest BCUT2D eigenvalue weighted by Gasteiger charge is -1.90. The summed E-state index contributed by atoms with van der Waals surface area (Å²) < 4.78 is 1.67. The van der Waals surface area contributed by atoms with Gasteiger partial charge in [-0.25, -0.2) is 0 Å². The van der Waals surface area contributed by atoms with E-state index in [9.17, 15) is 0 Å². The summed E-state index contributed by atoms with van der Waals surface area (Å²) in [6.45, 7) is 8.00. The molecule has 0 saturated carbocycles. The van der Waals surface area contributed by atoms with Gasteiger partial charge in [0.15, 0.2) is 0 Å². The summed E-state index contributed by atoms with van der Waals surface area (Å²) in [7, 11) is 1.84. The predicted molar refractivity (Wildman–Crippen MR) is 66.9 cm³/mol. The number of rotatable bonds is 1. The van der Waals surface area contributed by atoms with Crippen LogP contribution in [0.5, 0.6) is 0 Å². The second kappa shape index (κ2) is 8.59. The van der Waals surface area contributed by atoms with Crippen molar-refractivity contribution < 1.29 is 0 Å². The Bertz CT molecular complexity index is 368. The Morgan fingerprint density at radius 3 is 2.25 bits per heavy atom. The fourth-order valence-electron chi connectivity index (χ4n) is 0.994. The molecular weight excluding hydrogens is 200 g/mol. The molecule has 0 N–H and O–H groups in total. The smallest absolute Gasteiger partial charge is 0.114 e. The Kier molecular flexibility index (Phi) is 7.67. The molecule has 0 aliphatic rings. The van der Waals surface area contributed by atoms with Gasteiger partial charge in [0.2, 0.25) is 0 Å². The molecule has 2 aromatic rings. The van der Waals surface area contributed by atoms with Crippen molar-refractivity contribution in [2.24, 2.45) is 7.05 Å². The summed E-state index contributed by atoms with van der Waals surface area (Å²) in [5.41, 5.74) is 1.84. The summed E-state index contributed by atoms with van der Waals surface area (Å²) in [6.07, 6.45) is 5.36. The van der Waals surface area contributed by atoms with E-state index in [2.05, 4.69) is 15.3 Å². The lowest BCUT2D eigenvalue weighted by molar-refractivity contribution is 0.715. The van der Waals surface area contributed by atoms with Crippen LogP contribution in [-0.2, 0) is 7.05 Å². The monoisotopic (exact) mass is 220 g/mol. The largest absolute Gasteiger partial charge is 0.264 e. The zero-order valence-electron chi connectivity index (χ0n) is 10.7. The van der Waals surface area contributed by atoms with Crippen LogP contribution in [0.1, 0.15) is 27.7 Å². The fraction of sp³-hybridized carbons (Fsp3) is 0.417. The van der Waals surface area contributed by atoms with Gasteiger partial charge >= 0.3 is 0 Å². The van der Waals surface area contributed by atoms with Crippen LogP contribution in [-0.4, -0.2) is 20.0 Å². The van der Waals surface area contributed by atoms with Gasteiger partial charge in [0.25, 0.3) is 0 Å². The molecule has 4 heteroatoms. The third-order valence-corrected chi connectivity index (χ3v) is 1.56. The first kappa shape index (κ1) is 14.3. The van der Waals surface area contributed by atoms with Gasteiger partial charge in [-0.3, -0.25) is 9.67 Å². The van der Waals surface area contributed by atoms with Crippen molar-refractivity contribution >= 4 is 0 Å². The molecule has 0 spiro atoms.